The zero-order valence-electron chi connectivity index (χ0n) is 12.1. The van der Waals surface area contributed by atoms with Crippen LogP contribution in [0.15, 0.2) is 59.1 Å². The van der Waals surface area contributed by atoms with Crippen molar-refractivity contribution < 1.29 is 9.32 Å². The van der Waals surface area contributed by atoms with Crippen LogP contribution in [0.5, 0.6) is 0 Å². The Hall–Kier alpha value is -2.95. The van der Waals surface area contributed by atoms with Gasteiger partial charge in [-0.05, 0) is 17.7 Å². The molecular formula is C17H15N3O2. The van der Waals surface area contributed by atoms with E-state index in [0.717, 1.165) is 11.1 Å². The molecule has 1 aromatic heterocycles. The number of carbonyl (C=O) groups excluding carboxylic acids is 1. The second-order valence-electron chi connectivity index (χ2n) is 4.88. The standard InChI is InChI=1S/C17H15N3O2/c1-12-19-16(20-22-12)14-7-9-15(10-8-14)17(21)18-11-13-5-3-2-4-6-13/h2-10H,11H2,1H3,(H,18,21). The van der Waals surface area contributed by atoms with Gasteiger partial charge in [-0.2, -0.15) is 4.98 Å². The van der Waals surface area contributed by atoms with Crippen LogP contribution in [0.1, 0.15) is 21.8 Å². The quantitative estimate of drug-likeness (QED) is 0.803. The van der Waals surface area contributed by atoms with Gasteiger partial charge in [0.15, 0.2) is 0 Å². The van der Waals surface area contributed by atoms with Crippen LogP contribution in [0.4, 0.5) is 0 Å². The number of hydrogen-bond acceptors (Lipinski definition) is 4. The van der Waals surface area contributed by atoms with Crippen LogP contribution >= 0.6 is 0 Å². The first-order valence-electron chi connectivity index (χ1n) is 6.95. The lowest BCUT2D eigenvalue weighted by Crippen LogP contribution is -2.22. The summed E-state index contributed by atoms with van der Waals surface area (Å²) in [6, 6.07) is 16.9. The van der Waals surface area contributed by atoms with Crippen molar-refractivity contribution in [3.63, 3.8) is 0 Å². The van der Waals surface area contributed by atoms with Gasteiger partial charge in [0.25, 0.3) is 5.91 Å². The van der Waals surface area contributed by atoms with Crippen molar-refractivity contribution >= 4 is 5.91 Å². The van der Waals surface area contributed by atoms with Crippen molar-refractivity contribution in [3.05, 3.63) is 71.6 Å². The maximum atomic E-state index is 12.1. The fourth-order valence-electron chi connectivity index (χ4n) is 2.07. The molecule has 1 N–H and O–H groups in total. The first-order valence-corrected chi connectivity index (χ1v) is 6.95. The van der Waals surface area contributed by atoms with Gasteiger partial charge in [-0.25, -0.2) is 0 Å². The third-order valence-electron chi connectivity index (χ3n) is 3.23. The predicted molar refractivity (Wildman–Crippen MR) is 82.1 cm³/mol. The van der Waals surface area contributed by atoms with E-state index in [1.54, 1.807) is 19.1 Å². The Morgan fingerprint density at radius 3 is 2.45 bits per heavy atom. The maximum Gasteiger partial charge on any atom is 0.251 e. The third-order valence-corrected chi connectivity index (χ3v) is 3.23. The first-order chi connectivity index (χ1) is 10.7. The monoisotopic (exact) mass is 293 g/mol. The highest BCUT2D eigenvalue weighted by Gasteiger charge is 2.08. The van der Waals surface area contributed by atoms with Crippen LogP contribution in [0.25, 0.3) is 11.4 Å². The van der Waals surface area contributed by atoms with E-state index in [9.17, 15) is 4.79 Å². The minimum Gasteiger partial charge on any atom is -0.348 e. The van der Waals surface area contributed by atoms with E-state index in [1.807, 2.05) is 42.5 Å². The Labute approximate surface area is 128 Å². The summed E-state index contributed by atoms with van der Waals surface area (Å²) >= 11 is 0. The molecule has 1 amide bonds. The summed E-state index contributed by atoms with van der Waals surface area (Å²) in [4.78, 5) is 16.3. The molecule has 0 radical (unpaired) electrons. The molecule has 22 heavy (non-hydrogen) atoms. The summed E-state index contributed by atoms with van der Waals surface area (Å²) in [6.45, 7) is 2.24. The van der Waals surface area contributed by atoms with Gasteiger partial charge in [-0.15, -0.1) is 0 Å². The molecule has 3 aromatic rings. The molecular weight excluding hydrogens is 278 g/mol. The molecule has 5 heteroatoms. The van der Waals surface area contributed by atoms with Crippen LogP contribution in [0.3, 0.4) is 0 Å². The Morgan fingerprint density at radius 1 is 1.09 bits per heavy atom. The van der Waals surface area contributed by atoms with Gasteiger partial charge in [-0.3, -0.25) is 4.79 Å². The highest BCUT2D eigenvalue weighted by molar-refractivity contribution is 5.94. The molecule has 0 aliphatic carbocycles. The number of nitrogens with one attached hydrogen (secondary N) is 1. The van der Waals surface area contributed by atoms with E-state index < -0.39 is 0 Å². The lowest BCUT2D eigenvalue weighted by atomic mass is 10.1. The highest BCUT2D eigenvalue weighted by Crippen LogP contribution is 2.16. The number of nitrogens with zero attached hydrogens (tertiary/aromatic N) is 2. The Balaban J connectivity index is 1.66. The number of carbonyl (C=O) groups is 1. The SMILES string of the molecule is Cc1nc(-c2ccc(C(=O)NCc3ccccc3)cc2)no1. The normalized spacial score (nSPS) is 10.4. The summed E-state index contributed by atoms with van der Waals surface area (Å²) in [5.74, 6) is 0.924. The van der Waals surface area contributed by atoms with Gasteiger partial charge < -0.3 is 9.84 Å². The van der Waals surface area contributed by atoms with E-state index in [0.29, 0.717) is 23.8 Å². The predicted octanol–water partition coefficient (Wildman–Crippen LogP) is 2.98. The van der Waals surface area contributed by atoms with Crippen molar-refractivity contribution in [2.75, 3.05) is 0 Å². The second-order valence-corrected chi connectivity index (χ2v) is 4.88. The molecule has 5 nitrogen and oxygen atoms in total. The van der Waals surface area contributed by atoms with Crippen LogP contribution in [0, 0.1) is 6.92 Å². The van der Waals surface area contributed by atoms with Crippen molar-refractivity contribution in [2.24, 2.45) is 0 Å². The molecule has 0 unspecified atom stereocenters. The van der Waals surface area contributed by atoms with Gasteiger partial charge in [0.2, 0.25) is 11.7 Å². The van der Waals surface area contributed by atoms with Gasteiger partial charge in [-0.1, -0.05) is 47.6 Å². The Morgan fingerprint density at radius 2 is 1.82 bits per heavy atom. The second kappa shape index (κ2) is 6.22. The van der Waals surface area contributed by atoms with Gasteiger partial charge in [0, 0.05) is 24.6 Å². The van der Waals surface area contributed by atoms with Crippen LogP contribution < -0.4 is 5.32 Å². The summed E-state index contributed by atoms with van der Waals surface area (Å²) in [6.07, 6.45) is 0. The summed E-state index contributed by atoms with van der Waals surface area (Å²) in [5, 5.41) is 6.74. The zero-order chi connectivity index (χ0) is 15.4. The molecule has 0 aliphatic rings. The highest BCUT2D eigenvalue weighted by atomic mass is 16.5. The number of rotatable bonds is 4. The van der Waals surface area contributed by atoms with Crippen molar-refractivity contribution in [1.29, 1.82) is 0 Å². The van der Waals surface area contributed by atoms with E-state index in [-0.39, 0.29) is 5.91 Å². The Kier molecular flexibility index (Phi) is 3.96. The van der Waals surface area contributed by atoms with Crippen LogP contribution in [0.2, 0.25) is 0 Å². The fraction of sp³-hybridized carbons (Fsp3) is 0.118. The van der Waals surface area contributed by atoms with Gasteiger partial charge in [0.05, 0.1) is 0 Å². The van der Waals surface area contributed by atoms with Crippen molar-refractivity contribution in [3.8, 4) is 11.4 Å². The van der Waals surface area contributed by atoms with E-state index in [1.165, 1.54) is 0 Å². The fourth-order valence-corrected chi connectivity index (χ4v) is 2.07. The zero-order valence-corrected chi connectivity index (χ0v) is 12.1. The number of benzene rings is 2. The largest absolute Gasteiger partial charge is 0.348 e. The van der Waals surface area contributed by atoms with Gasteiger partial charge >= 0.3 is 0 Å². The van der Waals surface area contributed by atoms with Crippen molar-refractivity contribution in [2.45, 2.75) is 13.5 Å². The molecule has 0 spiro atoms. The van der Waals surface area contributed by atoms with E-state index >= 15 is 0 Å². The number of aryl methyl sites for hydroxylation is 1. The Bertz CT molecular complexity index is 764. The molecule has 1 heterocycles. The molecule has 0 bridgehead atoms. The van der Waals surface area contributed by atoms with Crippen LogP contribution in [-0.4, -0.2) is 16.0 Å². The molecule has 3 rings (SSSR count). The van der Waals surface area contributed by atoms with Crippen LogP contribution in [-0.2, 0) is 6.54 Å². The minimum atomic E-state index is -0.111. The molecule has 0 fully saturated rings. The van der Waals surface area contributed by atoms with Crippen molar-refractivity contribution in [1.82, 2.24) is 15.5 Å². The first kappa shape index (κ1) is 14.0. The summed E-state index contributed by atoms with van der Waals surface area (Å²) in [5.41, 5.74) is 2.48. The third kappa shape index (κ3) is 3.20. The average molecular weight is 293 g/mol. The lowest BCUT2D eigenvalue weighted by molar-refractivity contribution is 0.0951. The molecule has 0 saturated carbocycles. The van der Waals surface area contributed by atoms with E-state index in [2.05, 4.69) is 15.5 Å². The topological polar surface area (TPSA) is 68.0 Å². The molecule has 0 atom stereocenters. The van der Waals surface area contributed by atoms with E-state index in [4.69, 9.17) is 4.52 Å². The number of amides is 1. The van der Waals surface area contributed by atoms with Gasteiger partial charge in [0.1, 0.15) is 0 Å². The molecule has 110 valence electrons. The maximum absolute atomic E-state index is 12.1. The molecule has 0 aliphatic heterocycles. The summed E-state index contributed by atoms with van der Waals surface area (Å²) < 4.78 is 4.94. The minimum absolute atomic E-state index is 0.111. The average Bonchev–Trinajstić information content (AvgIpc) is 3.00. The number of hydrogen-bond donors (Lipinski definition) is 1. The molecule has 2 aromatic carbocycles. The molecule has 0 saturated heterocycles. The number of aromatic nitrogens is 2. The lowest BCUT2D eigenvalue weighted by Gasteiger charge is -2.05. The summed E-state index contributed by atoms with van der Waals surface area (Å²) in [7, 11) is 0. The smallest absolute Gasteiger partial charge is 0.251 e.